The van der Waals surface area contributed by atoms with E-state index < -0.39 is 0 Å². The van der Waals surface area contributed by atoms with Crippen LogP contribution < -0.4 is 10.6 Å². The lowest BCUT2D eigenvalue weighted by Crippen LogP contribution is -2.21. The number of aryl methyl sites for hydroxylation is 1. The fourth-order valence-corrected chi connectivity index (χ4v) is 3.01. The first-order chi connectivity index (χ1) is 10.1. The van der Waals surface area contributed by atoms with Gasteiger partial charge in [-0.2, -0.15) is 0 Å². The highest BCUT2D eigenvalue weighted by molar-refractivity contribution is 5.57. The van der Waals surface area contributed by atoms with E-state index in [2.05, 4.69) is 48.3 Å². The lowest BCUT2D eigenvalue weighted by atomic mass is 9.83. The number of aromatic nitrogens is 2. The molecule has 118 valence electrons. The lowest BCUT2D eigenvalue weighted by Gasteiger charge is -2.26. The topological polar surface area (TPSA) is 49.8 Å². The molecule has 0 saturated heterocycles. The van der Waals surface area contributed by atoms with Gasteiger partial charge in [0.05, 0.1) is 0 Å². The van der Waals surface area contributed by atoms with Crippen molar-refractivity contribution in [1.29, 1.82) is 0 Å². The van der Waals surface area contributed by atoms with Gasteiger partial charge in [-0.3, -0.25) is 0 Å². The van der Waals surface area contributed by atoms with E-state index in [0.29, 0.717) is 0 Å². The van der Waals surface area contributed by atoms with E-state index in [1.807, 2.05) is 0 Å². The Morgan fingerprint density at radius 3 is 2.19 bits per heavy atom. The van der Waals surface area contributed by atoms with Gasteiger partial charge < -0.3 is 10.6 Å². The highest BCUT2D eigenvalue weighted by atomic mass is 15.1. The van der Waals surface area contributed by atoms with Crippen molar-refractivity contribution >= 4 is 11.6 Å². The molecule has 0 atom stereocenters. The molecule has 1 saturated carbocycles. The summed E-state index contributed by atoms with van der Waals surface area (Å²) in [5.74, 6) is 4.61. The SMILES string of the molecule is CCNc1nc(CC)nc(NCC2CCC(C)CC2)c1C. The molecule has 0 aliphatic heterocycles. The number of hydrogen-bond acceptors (Lipinski definition) is 4. The Morgan fingerprint density at radius 1 is 1.00 bits per heavy atom. The van der Waals surface area contributed by atoms with Gasteiger partial charge in [-0.05, 0) is 38.5 Å². The number of nitrogens with one attached hydrogen (secondary N) is 2. The number of hydrogen-bond donors (Lipinski definition) is 2. The van der Waals surface area contributed by atoms with E-state index in [9.17, 15) is 0 Å². The molecule has 1 aromatic rings. The van der Waals surface area contributed by atoms with Gasteiger partial charge in [-0.1, -0.05) is 26.7 Å². The lowest BCUT2D eigenvalue weighted by molar-refractivity contribution is 0.300. The molecule has 2 N–H and O–H groups in total. The normalized spacial score (nSPS) is 22.1. The van der Waals surface area contributed by atoms with Gasteiger partial charge in [0.15, 0.2) is 0 Å². The fourth-order valence-electron chi connectivity index (χ4n) is 3.01. The summed E-state index contributed by atoms with van der Waals surface area (Å²) in [4.78, 5) is 9.25. The van der Waals surface area contributed by atoms with Crippen molar-refractivity contribution in [3.05, 3.63) is 11.4 Å². The first-order valence-electron chi connectivity index (χ1n) is 8.49. The predicted octanol–water partition coefficient (Wildman–Crippen LogP) is 4.02. The van der Waals surface area contributed by atoms with E-state index in [4.69, 9.17) is 0 Å². The first-order valence-corrected chi connectivity index (χ1v) is 8.49. The smallest absolute Gasteiger partial charge is 0.134 e. The van der Waals surface area contributed by atoms with Crippen LogP contribution in [0.4, 0.5) is 11.6 Å². The Hall–Kier alpha value is -1.32. The van der Waals surface area contributed by atoms with Gasteiger partial charge in [0, 0.05) is 25.1 Å². The molecule has 1 aliphatic carbocycles. The summed E-state index contributed by atoms with van der Waals surface area (Å²) in [6.07, 6.45) is 6.31. The quantitative estimate of drug-likeness (QED) is 0.831. The second-order valence-corrected chi connectivity index (χ2v) is 6.35. The van der Waals surface area contributed by atoms with Gasteiger partial charge in [0.1, 0.15) is 17.5 Å². The van der Waals surface area contributed by atoms with Crippen LogP contribution in [0.25, 0.3) is 0 Å². The summed E-state index contributed by atoms with van der Waals surface area (Å²) in [5, 5.41) is 6.92. The maximum atomic E-state index is 4.67. The molecule has 1 aliphatic rings. The van der Waals surface area contributed by atoms with Crippen LogP contribution in [0.15, 0.2) is 0 Å². The molecule has 0 aromatic carbocycles. The second-order valence-electron chi connectivity index (χ2n) is 6.35. The molecule has 1 fully saturated rings. The molecule has 0 spiro atoms. The third kappa shape index (κ3) is 4.32. The van der Waals surface area contributed by atoms with Gasteiger partial charge in [-0.15, -0.1) is 0 Å². The van der Waals surface area contributed by atoms with Crippen molar-refractivity contribution in [2.75, 3.05) is 23.7 Å². The van der Waals surface area contributed by atoms with Gasteiger partial charge in [-0.25, -0.2) is 9.97 Å². The van der Waals surface area contributed by atoms with Crippen LogP contribution in [-0.2, 0) is 6.42 Å². The van der Waals surface area contributed by atoms with E-state index in [0.717, 1.165) is 54.4 Å². The van der Waals surface area contributed by atoms with E-state index in [-0.39, 0.29) is 0 Å². The molecule has 1 heterocycles. The van der Waals surface area contributed by atoms with E-state index >= 15 is 0 Å². The molecular formula is C17H30N4. The Kier molecular flexibility index (Phi) is 5.83. The average molecular weight is 290 g/mol. The number of anilines is 2. The molecule has 0 amide bonds. The largest absolute Gasteiger partial charge is 0.370 e. The summed E-state index contributed by atoms with van der Waals surface area (Å²) in [7, 11) is 0. The van der Waals surface area contributed by atoms with Crippen LogP contribution in [0.3, 0.4) is 0 Å². The van der Waals surface area contributed by atoms with Crippen LogP contribution in [0.1, 0.15) is 57.8 Å². The van der Waals surface area contributed by atoms with Crippen molar-refractivity contribution in [3.8, 4) is 0 Å². The zero-order chi connectivity index (χ0) is 15.2. The van der Waals surface area contributed by atoms with Crippen molar-refractivity contribution in [1.82, 2.24) is 9.97 Å². The molecule has 21 heavy (non-hydrogen) atoms. The number of nitrogens with zero attached hydrogens (tertiary/aromatic N) is 2. The molecule has 0 bridgehead atoms. The summed E-state index contributed by atoms with van der Waals surface area (Å²) in [6.45, 7) is 10.6. The van der Waals surface area contributed by atoms with Crippen LogP contribution in [0, 0.1) is 18.8 Å². The number of rotatable bonds is 6. The predicted molar refractivity (Wildman–Crippen MR) is 89.9 cm³/mol. The maximum Gasteiger partial charge on any atom is 0.134 e. The monoisotopic (exact) mass is 290 g/mol. The zero-order valence-electron chi connectivity index (χ0n) is 14.0. The summed E-state index contributed by atoms with van der Waals surface area (Å²) < 4.78 is 0. The summed E-state index contributed by atoms with van der Waals surface area (Å²) >= 11 is 0. The molecule has 1 aromatic heterocycles. The Bertz CT molecular complexity index is 450. The van der Waals surface area contributed by atoms with Crippen LogP contribution in [0.5, 0.6) is 0 Å². The van der Waals surface area contributed by atoms with Crippen molar-refractivity contribution < 1.29 is 0 Å². The third-order valence-corrected chi connectivity index (χ3v) is 4.55. The first kappa shape index (κ1) is 16.1. The van der Waals surface area contributed by atoms with Gasteiger partial charge in [0.25, 0.3) is 0 Å². The second kappa shape index (κ2) is 7.62. The Labute approximate surface area is 129 Å². The molecule has 0 radical (unpaired) electrons. The highest BCUT2D eigenvalue weighted by Crippen LogP contribution is 2.29. The standard InChI is InChI=1S/C17H30N4/c1-5-15-20-16(18-6-2)13(4)17(21-15)19-11-14-9-7-12(3)8-10-14/h12,14H,5-11H2,1-4H3,(H2,18,19,20,21). The Balaban J connectivity index is 2.02. The van der Waals surface area contributed by atoms with Crippen LogP contribution >= 0.6 is 0 Å². The van der Waals surface area contributed by atoms with Crippen molar-refractivity contribution in [2.24, 2.45) is 11.8 Å². The molecule has 4 heteroatoms. The van der Waals surface area contributed by atoms with Gasteiger partial charge in [0.2, 0.25) is 0 Å². The summed E-state index contributed by atoms with van der Waals surface area (Å²) in [6, 6.07) is 0. The highest BCUT2D eigenvalue weighted by Gasteiger charge is 2.18. The minimum atomic E-state index is 0.795. The minimum Gasteiger partial charge on any atom is -0.370 e. The van der Waals surface area contributed by atoms with Crippen LogP contribution in [-0.4, -0.2) is 23.1 Å². The molecule has 4 nitrogen and oxygen atoms in total. The molecular weight excluding hydrogens is 260 g/mol. The zero-order valence-corrected chi connectivity index (χ0v) is 14.0. The minimum absolute atomic E-state index is 0.795. The van der Waals surface area contributed by atoms with Gasteiger partial charge >= 0.3 is 0 Å². The van der Waals surface area contributed by atoms with Crippen molar-refractivity contribution in [2.45, 2.75) is 59.8 Å². The maximum absolute atomic E-state index is 4.67. The van der Waals surface area contributed by atoms with Crippen LogP contribution in [0.2, 0.25) is 0 Å². The van der Waals surface area contributed by atoms with E-state index in [1.165, 1.54) is 25.7 Å². The average Bonchev–Trinajstić information content (AvgIpc) is 2.50. The fraction of sp³-hybridized carbons (Fsp3) is 0.765. The van der Waals surface area contributed by atoms with Crippen molar-refractivity contribution in [3.63, 3.8) is 0 Å². The van der Waals surface area contributed by atoms with E-state index in [1.54, 1.807) is 0 Å². The third-order valence-electron chi connectivity index (χ3n) is 4.55. The Morgan fingerprint density at radius 2 is 1.62 bits per heavy atom. The summed E-state index contributed by atoms with van der Waals surface area (Å²) in [5.41, 5.74) is 1.14. The molecule has 2 rings (SSSR count). The molecule has 0 unspecified atom stereocenters.